The summed E-state index contributed by atoms with van der Waals surface area (Å²) in [5.41, 5.74) is -1.81. The van der Waals surface area contributed by atoms with Crippen LogP contribution in [0.3, 0.4) is 0 Å². The summed E-state index contributed by atoms with van der Waals surface area (Å²) in [6.07, 6.45) is 51.9. The number of carbonyl (C=O) groups is 1. The van der Waals surface area contributed by atoms with Crippen molar-refractivity contribution in [2.24, 2.45) is 35.5 Å². The Morgan fingerprint density at radius 1 is 0.313 bits per heavy atom. The Hall–Kier alpha value is -20.5. The first-order valence-corrected chi connectivity index (χ1v) is 38.8. The molecule has 2 aliphatic carbocycles. The molecule has 0 heterocycles. The summed E-state index contributed by atoms with van der Waals surface area (Å²) in [4.78, 5) is 37.9. The number of carboxylic acids is 1. The number of aliphatic carboxylic acids is 1. The van der Waals surface area contributed by atoms with Gasteiger partial charge in [0.15, 0.2) is 0 Å². The van der Waals surface area contributed by atoms with Gasteiger partial charge in [-0.2, -0.15) is 4.67 Å². The van der Waals surface area contributed by atoms with Crippen LogP contribution < -0.4 is 15.0 Å². The third-order valence-electron chi connectivity index (χ3n) is 11.4. The molecule has 0 bridgehead atoms. The highest BCUT2D eigenvalue weighted by Gasteiger charge is 2.58. The predicted octanol–water partition coefficient (Wildman–Crippen LogP) is 9.54. The minimum atomic E-state index is -6.25. The van der Waals surface area contributed by atoms with E-state index in [9.17, 15) is 34.1 Å². The molecule has 0 spiro atoms. The van der Waals surface area contributed by atoms with E-state index in [-0.39, 0.29) is 33.1 Å². The van der Waals surface area contributed by atoms with Gasteiger partial charge in [0, 0.05) is 13.2 Å². The van der Waals surface area contributed by atoms with Gasteiger partial charge in [0.2, 0.25) is 0 Å². The van der Waals surface area contributed by atoms with Crippen LogP contribution in [0.25, 0.3) is 0 Å². The van der Waals surface area contributed by atoms with Crippen molar-refractivity contribution in [1.29, 1.82) is 0 Å². The molecule has 131 heavy (non-hydrogen) atoms. The Morgan fingerprint density at radius 2 is 0.519 bits per heavy atom. The first-order chi connectivity index (χ1) is 62.7. The second-order valence-corrected chi connectivity index (χ2v) is 25.1. The second-order valence-electron chi connectivity index (χ2n) is 19.1. The molecule has 0 aromatic heterocycles. The van der Waals surface area contributed by atoms with Gasteiger partial charge in [0.1, 0.15) is 5.92 Å². The molecule has 2 aliphatic rings. The maximum Gasteiger partial charge on any atom is 0.319 e. The average Bonchev–Trinajstić information content (AvgIpc) is 1.55. The van der Waals surface area contributed by atoms with E-state index in [1.54, 1.807) is 76.2 Å². The van der Waals surface area contributed by atoms with Gasteiger partial charge in [-0.15, -0.1) is 88.4 Å². The lowest BCUT2D eigenvalue weighted by molar-refractivity contribution is -0.779. The minimum Gasteiger partial charge on any atom is -0.804 e. The largest absolute Gasteiger partial charge is 0.804 e. The lowest BCUT2D eigenvalue weighted by Gasteiger charge is -2.47. The predicted molar refractivity (Wildman–Crippen MR) is 530 cm³/mol. The van der Waals surface area contributed by atoms with Gasteiger partial charge >= 0.3 is 5.97 Å². The first-order valence-electron chi connectivity index (χ1n) is 34.9. The van der Waals surface area contributed by atoms with Crippen molar-refractivity contribution in [2.75, 3.05) is 0 Å². The number of hydrogen-bond donors (Lipinski definition) is 1. The van der Waals surface area contributed by atoms with Gasteiger partial charge in [0.25, 0.3) is 7.06 Å². The monoisotopic (exact) mass is 1720 g/mol. The van der Waals surface area contributed by atoms with Gasteiger partial charge in [-0.3, -0.25) is 14.4 Å². The summed E-state index contributed by atoms with van der Waals surface area (Å²) < 4.78 is 31.1. The third kappa shape index (κ3) is 106. The molecule has 8 atom stereocenters. The number of terminal acetylenes is 10. The zero-order valence-electron chi connectivity index (χ0n) is 72.8. The fourth-order valence-electron chi connectivity index (χ4n) is 7.33. The molecule has 0 aromatic rings. The summed E-state index contributed by atoms with van der Waals surface area (Å²) in [7, 11) is -11.9. The van der Waals surface area contributed by atoms with E-state index < -0.39 is 49.6 Å². The smallest absolute Gasteiger partial charge is 0.319 e. The van der Waals surface area contributed by atoms with E-state index in [4.69, 9.17) is 51.4 Å². The van der Waals surface area contributed by atoms with Crippen molar-refractivity contribution in [1.82, 2.24) is 0 Å². The minimum absolute atomic E-state index is 0. The topological polar surface area (TPSA) is 159 Å². The molecule has 624 valence electrons. The highest BCUT2D eigenvalue weighted by molar-refractivity contribution is 8.28. The Labute approximate surface area is 787 Å². The summed E-state index contributed by atoms with van der Waals surface area (Å²) >= 11 is 0. The zero-order valence-corrected chi connectivity index (χ0v) is 74.6. The van der Waals surface area contributed by atoms with Gasteiger partial charge in [0.05, 0.1) is 5.66 Å². The maximum absolute atomic E-state index is 14.1. The molecule has 11 heteroatoms. The van der Waals surface area contributed by atoms with E-state index in [0.717, 1.165) is 0 Å². The van der Waals surface area contributed by atoms with E-state index in [0.29, 0.717) is 19.3 Å². The Balaban J connectivity index is -0.000000144. The standard InChI is InChI=1S/C41H28O9P2.C12H6.C11H4.C10H2.C9H4.C8H6.C7H4.C6H2.C5H4.C4H6.C3H4.C2H2.2CH4/c1-4-6-8-10-12-14-16-17-19-20-22-24-26-28-35-31-33-36-34(3)30-32-37(40(39(35)36)51(45,50-49-44)52(46,47)48)38(41(42)43)29-27-25-23-21-18-15-13-11-9-7-5-2;1-3-5-7-9-11-12-10-8-6-4-2;1-3-5-7-9-11-10-8-6-4-2;1-3-5-7-9-10-8-6-4-2;1-3-5-7-9-8-6-4-2;1-3-5-7-8-6-4-2;1-3-5-7-6-4-2;1-3-5-6-4-2;1-3-5-4-2;1-3-4-2;1-3-2;1-2;;/h34-40,44H,30-33H2,1-3H3,(H,42,43)(H2,46,47,48);1-2H3;1H,2H3;1-2H;1H,2H3;1-2H3;1H,2H3;1-2H;1H,2H3;1-2H3;1H,2H3;1-2H;2*1H4/p-3. The summed E-state index contributed by atoms with van der Waals surface area (Å²) in [6.45, 7) is 24.2. The maximum atomic E-state index is 14.1. The first kappa shape index (κ1) is 137. The van der Waals surface area contributed by atoms with Crippen LogP contribution in [-0.2, 0) is 23.6 Å². The Bertz CT molecular complexity index is 6920. The fourth-order valence-corrected chi connectivity index (χ4v) is 11.9. The molecular formula is C120H77O9P2-3. The third-order valence-corrected chi connectivity index (χ3v) is 16.9. The van der Waals surface area contributed by atoms with E-state index in [1.807, 2.05) is 20.8 Å². The van der Waals surface area contributed by atoms with Crippen LogP contribution in [0, 0.1) is 586 Å². The molecule has 1 N–H and O–H groups in total. The number of fused-ring (bicyclic) bond motifs is 1. The van der Waals surface area contributed by atoms with Crippen LogP contribution in [0.15, 0.2) is 0 Å². The van der Waals surface area contributed by atoms with E-state index in [2.05, 4.69) is 509 Å². The molecule has 0 amide bonds. The van der Waals surface area contributed by atoms with Crippen LogP contribution in [0.1, 0.15) is 137 Å². The highest BCUT2D eigenvalue weighted by atomic mass is 32.1. The van der Waals surface area contributed by atoms with E-state index >= 15 is 0 Å². The summed E-state index contributed by atoms with van der Waals surface area (Å²) in [5.74, 6) is 192. The van der Waals surface area contributed by atoms with Crippen LogP contribution in [0.5, 0.6) is 0 Å². The number of carboxylic acid groups (broad SMARTS) is 1. The molecule has 8 unspecified atom stereocenters. The van der Waals surface area contributed by atoms with Crippen molar-refractivity contribution in [3.63, 3.8) is 0 Å². The Morgan fingerprint density at radius 3 is 0.718 bits per heavy atom. The molecule has 0 aromatic carbocycles. The molecule has 2 rings (SSSR count). The second kappa shape index (κ2) is 123. The average molecular weight is 1720 g/mol. The molecule has 2 fully saturated rings. The van der Waals surface area contributed by atoms with Gasteiger partial charge in [-0.05, 0) is 524 Å². The summed E-state index contributed by atoms with van der Waals surface area (Å²) in [5, 5.41) is 24.8. The van der Waals surface area contributed by atoms with Crippen molar-refractivity contribution in [3.8, 4) is 550 Å². The normalized spacial score (nSPS) is 10.5. The van der Waals surface area contributed by atoms with Crippen molar-refractivity contribution >= 4 is 20.3 Å². The molecule has 0 saturated heterocycles. The Kier molecular flexibility index (Phi) is 128. The molecule has 0 radical (unpaired) electrons. The zero-order chi connectivity index (χ0) is 99.1. The van der Waals surface area contributed by atoms with Crippen molar-refractivity contribution in [2.45, 2.75) is 143 Å². The molecule has 0 aliphatic heterocycles. The molecule has 9 nitrogen and oxygen atoms in total. The lowest BCUT2D eigenvalue weighted by atomic mass is 9.77. The van der Waals surface area contributed by atoms with Crippen LogP contribution in [0.2, 0.25) is 0 Å². The van der Waals surface area contributed by atoms with Crippen molar-refractivity contribution < 1.29 is 43.8 Å². The van der Waals surface area contributed by atoms with Crippen LogP contribution in [-0.4, -0.2) is 16.7 Å². The van der Waals surface area contributed by atoms with Gasteiger partial charge in [-0.25, -0.2) is 0 Å². The number of hydrogen-bond acceptors (Lipinski definition) is 8. The number of rotatable bonds is 6. The molecule has 2 saturated carbocycles. The molecular weight excluding hydrogens is 1650 g/mol. The SMILES string of the molecule is C.C.C#C.C#CC.C#CC#CC.C#CC#CC#C.C#CC#CC#CC.C#CC#CC#CC#CC.C#CC#CC#CC#CC#C.C#CC#CC#CC#CC#CC.CC#CC.CC#CC#CC#CC.CC#CC#CC#CC#CC#CC.CC#CC#CC#CC#CC#CC#CC#CC1CCC2C(C)CCC(C(C#CC#CC#CC#CC#CC#CC)C(=O)O)C(P(=O)(OO[O-])P(=O)([O-])[O-])C12. The van der Waals surface area contributed by atoms with Crippen molar-refractivity contribution in [3.05, 3.63) is 0 Å². The summed E-state index contributed by atoms with van der Waals surface area (Å²) in [6, 6.07) is 0. The van der Waals surface area contributed by atoms with Gasteiger partial charge in [-0.1, -0.05) is 99.2 Å². The lowest BCUT2D eigenvalue weighted by Crippen LogP contribution is -2.41. The van der Waals surface area contributed by atoms with Crippen LogP contribution >= 0.6 is 14.3 Å². The highest BCUT2D eigenvalue weighted by Crippen LogP contribution is 2.80. The van der Waals surface area contributed by atoms with Gasteiger partial charge < -0.3 is 24.7 Å². The quantitative estimate of drug-likeness (QED) is 0.118. The van der Waals surface area contributed by atoms with Crippen LogP contribution in [0.4, 0.5) is 0 Å². The fraction of sp³-hybridized carbons (Fsp3) is 0.225. The van der Waals surface area contributed by atoms with E-state index in [1.165, 1.54) is 0 Å².